The van der Waals surface area contributed by atoms with Gasteiger partial charge in [-0.15, -0.1) is 0 Å². The van der Waals surface area contributed by atoms with Crippen molar-refractivity contribution in [1.82, 2.24) is 0 Å². The predicted molar refractivity (Wildman–Crippen MR) is 134 cm³/mol. The van der Waals surface area contributed by atoms with Gasteiger partial charge in [0.15, 0.2) is 0 Å². The zero-order valence-electron chi connectivity index (χ0n) is 21.2. The summed E-state index contributed by atoms with van der Waals surface area (Å²) in [6.45, 7) is 4.63. The van der Waals surface area contributed by atoms with E-state index >= 15 is 0 Å². The lowest BCUT2D eigenvalue weighted by Crippen LogP contribution is -2.37. The predicted octanol–water partition coefficient (Wildman–Crippen LogP) is 9.85. The quantitative estimate of drug-likeness (QED) is 0.301. The largest absolute Gasteiger partial charge is 0.198 e. The van der Waals surface area contributed by atoms with E-state index in [2.05, 4.69) is 19.9 Å². The van der Waals surface area contributed by atoms with Gasteiger partial charge >= 0.3 is 0 Å². The first-order chi connectivity index (χ1) is 15.2. The number of unbranched alkanes of at least 4 members (excludes halogenated alkanes) is 5. The normalized spacial score (nSPS) is 36.7. The molecule has 0 spiro atoms. The van der Waals surface area contributed by atoms with Crippen LogP contribution >= 0.6 is 0 Å². The third kappa shape index (κ3) is 7.24. The zero-order valence-corrected chi connectivity index (χ0v) is 21.2. The van der Waals surface area contributed by atoms with Crippen molar-refractivity contribution in [1.29, 1.82) is 5.26 Å². The fraction of sp³-hybridized carbons (Fsp3) is 0.967. The van der Waals surface area contributed by atoms with E-state index in [1.807, 2.05) is 0 Å². The second-order valence-corrected chi connectivity index (χ2v) is 11.9. The minimum Gasteiger partial charge on any atom is -0.198 e. The molecule has 0 bridgehead atoms. The van der Waals surface area contributed by atoms with Gasteiger partial charge in [0.25, 0.3) is 0 Å². The van der Waals surface area contributed by atoms with Crippen molar-refractivity contribution < 1.29 is 0 Å². The maximum atomic E-state index is 10.2. The SMILES string of the molecule is CCCCCCCC1CCC(C#N)(C2CCC(C3CCC(CCCC)CC3)CC2)CC1. The lowest BCUT2D eigenvalue weighted by Gasteiger charge is -2.45. The minimum atomic E-state index is 0.0431. The lowest BCUT2D eigenvalue weighted by molar-refractivity contribution is 0.0646. The van der Waals surface area contributed by atoms with E-state index in [0.29, 0.717) is 5.92 Å². The second-order valence-electron chi connectivity index (χ2n) is 11.9. The molecule has 178 valence electrons. The van der Waals surface area contributed by atoms with Gasteiger partial charge in [-0.1, -0.05) is 84.5 Å². The van der Waals surface area contributed by atoms with Crippen LogP contribution < -0.4 is 0 Å². The summed E-state index contributed by atoms with van der Waals surface area (Å²) in [4.78, 5) is 0. The van der Waals surface area contributed by atoms with Crippen LogP contribution in [0.1, 0.15) is 149 Å². The van der Waals surface area contributed by atoms with E-state index in [4.69, 9.17) is 0 Å². The van der Waals surface area contributed by atoms with Gasteiger partial charge in [-0.2, -0.15) is 5.26 Å². The monoisotopic (exact) mass is 427 g/mol. The van der Waals surface area contributed by atoms with Crippen LogP contribution in [0.5, 0.6) is 0 Å². The van der Waals surface area contributed by atoms with Crippen molar-refractivity contribution in [2.75, 3.05) is 0 Å². The van der Waals surface area contributed by atoms with E-state index in [1.165, 1.54) is 135 Å². The maximum Gasteiger partial charge on any atom is 0.0692 e. The van der Waals surface area contributed by atoms with Crippen LogP contribution in [-0.2, 0) is 0 Å². The van der Waals surface area contributed by atoms with Gasteiger partial charge < -0.3 is 0 Å². The molecule has 0 aromatic heterocycles. The molecule has 0 N–H and O–H groups in total. The van der Waals surface area contributed by atoms with Crippen molar-refractivity contribution in [3.8, 4) is 6.07 Å². The van der Waals surface area contributed by atoms with E-state index in [1.54, 1.807) is 0 Å². The third-order valence-electron chi connectivity index (χ3n) is 10.0. The van der Waals surface area contributed by atoms with E-state index in [0.717, 1.165) is 23.7 Å². The second kappa shape index (κ2) is 13.3. The highest BCUT2D eigenvalue weighted by Crippen LogP contribution is 2.52. The van der Waals surface area contributed by atoms with Crippen LogP contribution in [0.2, 0.25) is 0 Å². The van der Waals surface area contributed by atoms with Gasteiger partial charge in [-0.25, -0.2) is 0 Å². The maximum absolute atomic E-state index is 10.2. The molecule has 0 heterocycles. The molecule has 0 atom stereocenters. The van der Waals surface area contributed by atoms with Crippen LogP contribution in [-0.4, -0.2) is 0 Å². The summed E-state index contributed by atoms with van der Waals surface area (Å²) in [7, 11) is 0. The number of rotatable bonds is 11. The smallest absolute Gasteiger partial charge is 0.0692 e. The molecule has 0 amide bonds. The first kappa shape index (κ1) is 25.1. The molecule has 3 fully saturated rings. The highest BCUT2D eigenvalue weighted by atomic mass is 14.5. The third-order valence-corrected chi connectivity index (χ3v) is 10.0. The molecule has 3 saturated carbocycles. The van der Waals surface area contributed by atoms with Crippen LogP contribution in [0.15, 0.2) is 0 Å². The molecule has 0 unspecified atom stereocenters. The van der Waals surface area contributed by atoms with Gasteiger partial charge in [-0.3, -0.25) is 0 Å². The Labute approximate surface area is 195 Å². The Balaban J connectivity index is 1.37. The summed E-state index contributed by atoms with van der Waals surface area (Å²) < 4.78 is 0. The molecule has 0 aromatic carbocycles. The van der Waals surface area contributed by atoms with Gasteiger partial charge in [0, 0.05) is 0 Å². The van der Waals surface area contributed by atoms with Crippen LogP contribution in [0.4, 0.5) is 0 Å². The molecule has 0 saturated heterocycles. The average molecular weight is 428 g/mol. The summed E-state index contributed by atoms with van der Waals surface area (Å²) in [5, 5.41) is 10.2. The van der Waals surface area contributed by atoms with Crippen molar-refractivity contribution in [2.45, 2.75) is 149 Å². The Kier molecular flexibility index (Phi) is 10.7. The minimum absolute atomic E-state index is 0.0431. The van der Waals surface area contributed by atoms with Crippen molar-refractivity contribution in [2.24, 2.45) is 35.0 Å². The van der Waals surface area contributed by atoms with Gasteiger partial charge in [0.05, 0.1) is 11.5 Å². The molecule has 1 heteroatoms. The molecule has 3 aliphatic carbocycles. The van der Waals surface area contributed by atoms with Crippen molar-refractivity contribution in [3.05, 3.63) is 0 Å². The Hall–Kier alpha value is -0.510. The van der Waals surface area contributed by atoms with Gasteiger partial charge in [0.2, 0.25) is 0 Å². The Morgan fingerprint density at radius 3 is 1.71 bits per heavy atom. The van der Waals surface area contributed by atoms with Gasteiger partial charge in [-0.05, 0) is 93.8 Å². The molecule has 1 nitrogen and oxygen atoms in total. The standard InChI is InChI=1S/C30H53N/c1-3-5-7-8-9-11-26-20-22-30(24-31,23-21-26)29-18-16-28(17-19-29)27-14-12-25(13-15-27)10-6-4-2/h25-29H,3-23H2,1-2H3. The summed E-state index contributed by atoms with van der Waals surface area (Å²) in [5.41, 5.74) is 0.0431. The number of nitriles is 1. The summed E-state index contributed by atoms with van der Waals surface area (Å²) >= 11 is 0. The number of hydrogen-bond donors (Lipinski definition) is 0. The fourth-order valence-electron chi connectivity index (χ4n) is 7.71. The summed E-state index contributed by atoms with van der Waals surface area (Å²) in [6, 6.07) is 2.91. The highest BCUT2D eigenvalue weighted by molar-refractivity contribution is 5.06. The molecule has 3 rings (SSSR count). The first-order valence-corrected chi connectivity index (χ1v) is 14.6. The number of hydrogen-bond acceptors (Lipinski definition) is 1. The first-order valence-electron chi connectivity index (χ1n) is 14.6. The molecule has 0 aliphatic heterocycles. The summed E-state index contributed by atoms with van der Waals surface area (Å²) in [5.74, 6) is 4.66. The molecular formula is C30H53N. The van der Waals surface area contributed by atoms with E-state index < -0.39 is 0 Å². The van der Waals surface area contributed by atoms with E-state index in [9.17, 15) is 5.26 Å². The Bertz CT molecular complexity index is 507. The molecule has 3 aliphatic rings. The summed E-state index contributed by atoms with van der Waals surface area (Å²) in [6.07, 6.45) is 29.4. The molecule has 0 radical (unpaired) electrons. The highest BCUT2D eigenvalue weighted by Gasteiger charge is 2.44. The Morgan fingerprint density at radius 2 is 1.13 bits per heavy atom. The van der Waals surface area contributed by atoms with Crippen LogP contribution in [0.25, 0.3) is 0 Å². The molecule has 0 aromatic rings. The number of nitrogens with zero attached hydrogens (tertiary/aromatic N) is 1. The van der Waals surface area contributed by atoms with Crippen LogP contribution in [0.3, 0.4) is 0 Å². The van der Waals surface area contributed by atoms with Gasteiger partial charge in [0.1, 0.15) is 0 Å². The topological polar surface area (TPSA) is 23.8 Å². The average Bonchev–Trinajstić information content (AvgIpc) is 2.83. The van der Waals surface area contributed by atoms with E-state index in [-0.39, 0.29) is 5.41 Å². The zero-order chi connectivity index (χ0) is 21.9. The van der Waals surface area contributed by atoms with Crippen molar-refractivity contribution >= 4 is 0 Å². The fourth-order valence-corrected chi connectivity index (χ4v) is 7.71. The van der Waals surface area contributed by atoms with Crippen LogP contribution in [0, 0.1) is 46.3 Å². The Morgan fingerprint density at radius 1 is 0.613 bits per heavy atom. The van der Waals surface area contributed by atoms with Crippen molar-refractivity contribution in [3.63, 3.8) is 0 Å². The molecular weight excluding hydrogens is 374 g/mol. The molecule has 31 heavy (non-hydrogen) atoms. The lowest BCUT2D eigenvalue weighted by atomic mass is 9.58.